The van der Waals surface area contributed by atoms with E-state index in [0.717, 1.165) is 12.8 Å². The summed E-state index contributed by atoms with van der Waals surface area (Å²) in [5.41, 5.74) is 0. The molecule has 0 saturated carbocycles. The van der Waals surface area contributed by atoms with Crippen molar-refractivity contribution in [3.05, 3.63) is 0 Å². The highest BCUT2D eigenvalue weighted by atomic mass is 16.5. The van der Waals surface area contributed by atoms with Gasteiger partial charge in [0.15, 0.2) is 0 Å². The second kappa shape index (κ2) is 6.88. The lowest BCUT2D eigenvalue weighted by atomic mass is 10.2. The van der Waals surface area contributed by atoms with Gasteiger partial charge in [0.05, 0.1) is 12.7 Å². The molecule has 1 aromatic rings. The van der Waals surface area contributed by atoms with E-state index in [0.29, 0.717) is 18.6 Å². The zero-order chi connectivity index (χ0) is 12.7. The van der Waals surface area contributed by atoms with Crippen LogP contribution >= 0.6 is 0 Å². The summed E-state index contributed by atoms with van der Waals surface area (Å²) in [7, 11) is 1.74. The highest BCUT2D eigenvalue weighted by Crippen LogP contribution is 2.14. The van der Waals surface area contributed by atoms with E-state index in [1.54, 1.807) is 7.05 Å². The summed E-state index contributed by atoms with van der Waals surface area (Å²) >= 11 is 0. The van der Waals surface area contributed by atoms with E-state index in [1.165, 1.54) is 0 Å². The fraction of sp³-hybridized carbons (Fsp3) is 0.727. The van der Waals surface area contributed by atoms with Crippen LogP contribution in [0.1, 0.15) is 33.6 Å². The van der Waals surface area contributed by atoms with Crippen LogP contribution in [0.4, 0.5) is 5.95 Å². The first-order chi connectivity index (χ1) is 8.19. The van der Waals surface area contributed by atoms with Crippen LogP contribution in [0.5, 0.6) is 12.0 Å². The van der Waals surface area contributed by atoms with Crippen molar-refractivity contribution in [2.24, 2.45) is 0 Å². The molecule has 1 aromatic heterocycles. The van der Waals surface area contributed by atoms with Crippen molar-refractivity contribution < 1.29 is 9.47 Å². The van der Waals surface area contributed by atoms with Crippen LogP contribution in [0.2, 0.25) is 0 Å². The zero-order valence-electron chi connectivity index (χ0n) is 10.9. The van der Waals surface area contributed by atoms with Gasteiger partial charge >= 0.3 is 12.0 Å². The molecule has 0 saturated heterocycles. The van der Waals surface area contributed by atoms with Gasteiger partial charge in [0.25, 0.3) is 0 Å². The van der Waals surface area contributed by atoms with Gasteiger partial charge in [0.2, 0.25) is 5.95 Å². The van der Waals surface area contributed by atoms with Crippen LogP contribution in [0, 0.1) is 0 Å². The average molecular weight is 240 g/mol. The number of aromatic nitrogens is 3. The Morgan fingerprint density at radius 1 is 1.18 bits per heavy atom. The van der Waals surface area contributed by atoms with E-state index >= 15 is 0 Å². The highest BCUT2D eigenvalue weighted by Gasteiger charge is 2.10. The number of hydrogen-bond donors (Lipinski definition) is 1. The number of nitrogens with one attached hydrogen (secondary N) is 1. The number of rotatable bonds is 7. The molecule has 96 valence electrons. The Labute approximate surface area is 102 Å². The van der Waals surface area contributed by atoms with E-state index in [2.05, 4.69) is 27.2 Å². The molecule has 0 aliphatic carbocycles. The minimum absolute atomic E-state index is 0.0848. The molecule has 1 unspecified atom stereocenters. The maximum atomic E-state index is 5.60. The predicted molar refractivity (Wildman–Crippen MR) is 65.5 cm³/mol. The Morgan fingerprint density at radius 2 is 1.88 bits per heavy atom. The monoisotopic (exact) mass is 240 g/mol. The number of nitrogens with zero attached hydrogens (tertiary/aromatic N) is 3. The zero-order valence-corrected chi connectivity index (χ0v) is 10.9. The molecule has 1 N–H and O–H groups in total. The minimum Gasteiger partial charge on any atom is -0.464 e. The molecular weight excluding hydrogens is 220 g/mol. The molecule has 0 spiro atoms. The van der Waals surface area contributed by atoms with Crippen molar-refractivity contribution >= 4 is 5.95 Å². The van der Waals surface area contributed by atoms with E-state index in [4.69, 9.17) is 9.47 Å². The molecule has 0 aliphatic heterocycles. The SMILES string of the molecule is CCCC(C)Oc1nc(NC)nc(OCC)n1. The largest absolute Gasteiger partial charge is 0.464 e. The number of anilines is 1. The molecule has 0 radical (unpaired) electrons. The predicted octanol–water partition coefficient (Wildman–Crippen LogP) is 1.88. The van der Waals surface area contributed by atoms with Crippen LogP contribution in [0.3, 0.4) is 0 Å². The van der Waals surface area contributed by atoms with E-state index in [9.17, 15) is 0 Å². The second-order valence-electron chi connectivity index (χ2n) is 3.62. The first-order valence-electron chi connectivity index (χ1n) is 5.92. The third-order valence-electron chi connectivity index (χ3n) is 2.09. The van der Waals surface area contributed by atoms with Crippen molar-refractivity contribution in [2.75, 3.05) is 19.0 Å². The lowest BCUT2D eigenvalue weighted by Gasteiger charge is -2.13. The van der Waals surface area contributed by atoms with Gasteiger partial charge in [0.1, 0.15) is 0 Å². The summed E-state index contributed by atoms with van der Waals surface area (Å²) in [6.07, 6.45) is 2.11. The fourth-order valence-electron chi connectivity index (χ4n) is 1.34. The van der Waals surface area contributed by atoms with Gasteiger partial charge in [0, 0.05) is 7.05 Å². The standard InChI is InChI=1S/C11H20N4O2/c1-5-7-8(3)17-11-14-9(12-4)13-10(15-11)16-6-2/h8H,5-7H2,1-4H3,(H,12,13,14,15). The third kappa shape index (κ3) is 4.42. The molecule has 0 aromatic carbocycles. The third-order valence-corrected chi connectivity index (χ3v) is 2.09. The summed E-state index contributed by atoms with van der Waals surface area (Å²) in [6.45, 7) is 6.49. The van der Waals surface area contributed by atoms with E-state index in [1.807, 2.05) is 13.8 Å². The average Bonchev–Trinajstić information content (AvgIpc) is 2.29. The molecule has 0 aliphatic rings. The van der Waals surface area contributed by atoms with Gasteiger partial charge in [-0.2, -0.15) is 9.97 Å². The first kappa shape index (κ1) is 13.5. The Hall–Kier alpha value is -1.59. The Morgan fingerprint density at radius 3 is 2.47 bits per heavy atom. The molecule has 1 atom stereocenters. The summed E-state index contributed by atoms with van der Waals surface area (Å²) in [5, 5.41) is 2.85. The Kier molecular flexibility index (Phi) is 5.45. The van der Waals surface area contributed by atoms with Gasteiger partial charge < -0.3 is 14.8 Å². The van der Waals surface area contributed by atoms with Gasteiger partial charge in [-0.15, -0.1) is 4.98 Å². The Balaban J connectivity index is 2.79. The van der Waals surface area contributed by atoms with Crippen molar-refractivity contribution in [3.63, 3.8) is 0 Å². The van der Waals surface area contributed by atoms with Crippen molar-refractivity contribution in [1.82, 2.24) is 15.0 Å². The highest BCUT2D eigenvalue weighted by molar-refractivity contribution is 5.26. The molecule has 1 heterocycles. The van der Waals surface area contributed by atoms with Crippen molar-refractivity contribution in [1.29, 1.82) is 0 Å². The molecule has 0 bridgehead atoms. The van der Waals surface area contributed by atoms with Gasteiger partial charge in [-0.05, 0) is 20.3 Å². The van der Waals surface area contributed by atoms with E-state index in [-0.39, 0.29) is 12.1 Å². The van der Waals surface area contributed by atoms with Gasteiger partial charge in [-0.1, -0.05) is 13.3 Å². The van der Waals surface area contributed by atoms with Crippen LogP contribution in [0.15, 0.2) is 0 Å². The Bertz CT molecular complexity index is 346. The topological polar surface area (TPSA) is 69.2 Å². The normalized spacial score (nSPS) is 12.0. The number of ether oxygens (including phenoxy) is 2. The van der Waals surface area contributed by atoms with Crippen molar-refractivity contribution in [2.45, 2.75) is 39.7 Å². The lowest BCUT2D eigenvalue weighted by molar-refractivity contribution is 0.187. The van der Waals surface area contributed by atoms with Crippen LogP contribution < -0.4 is 14.8 Å². The number of hydrogen-bond acceptors (Lipinski definition) is 6. The maximum absolute atomic E-state index is 5.60. The molecule has 6 nitrogen and oxygen atoms in total. The second-order valence-corrected chi connectivity index (χ2v) is 3.62. The van der Waals surface area contributed by atoms with E-state index < -0.39 is 0 Å². The summed E-state index contributed by atoms with van der Waals surface area (Å²) in [6, 6.07) is 0.583. The first-order valence-corrected chi connectivity index (χ1v) is 5.92. The molecule has 0 amide bonds. The van der Waals surface area contributed by atoms with Crippen LogP contribution in [-0.2, 0) is 0 Å². The lowest BCUT2D eigenvalue weighted by Crippen LogP contribution is -2.14. The molecule has 17 heavy (non-hydrogen) atoms. The van der Waals surface area contributed by atoms with Crippen molar-refractivity contribution in [3.8, 4) is 12.0 Å². The molecular formula is C11H20N4O2. The van der Waals surface area contributed by atoms with Gasteiger partial charge in [-0.3, -0.25) is 0 Å². The smallest absolute Gasteiger partial charge is 0.324 e. The van der Waals surface area contributed by atoms with Gasteiger partial charge in [-0.25, -0.2) is 0 Å². The van der Waals surface area contributed by atoms with Crippen LogP contribution in [-0.4, -0.2) is 34.7 Å². The summed E-state index contributed by atoms with van der Waals surface area (Å²) in [4.78, 5) is 12.3. The minimum atomic E-state index is 0.0848. The fourth-order valence-corrected chi connectivity index (χ4v) is 1.34. The molecule has 0 fully saturated rings. The molecule has 1 rings (SSSR count). The summed E-state index contributed by atoms with van der Waals surface area (Å²) < 4.78 is 10.9. The van der Waals surface area contributed by atoms with Crippen LogP contribution in [0.25, 0.3) is 0 Å². The maximum Gasteiger partial charge on any atom is 0.324 e. The summed E-state index contributed by atoms with van der Waals surface area (Å²) in [5.74, 6) is 0.446. The quantitative estimate of drug-likeness (QED) is 0.784. The molecule has 6 heteroatoms.